The fourth-order valence-electron chi connectivity index (χ4n) is 3.14. The van der Waals surface area contributed by atoms with E-state index < -0.39 is 32.2 Å². The van der Waals surface area contributed by atoms with E-state index in [1.165, 1.54) is 25.2 Å². The number of pyridine rings is 1. The number of carbonyl (C=O) groups excluding carboxylic acids is 1. The third-order valence-corrected chi connectivity index (χ3v) is 6.32. The maximum Gasteiger partial charge on any atom is 0.272 e. The van der Waals surface area contributed by atoms with Crippen LogP contribution in [0.1, 0.15) is 23.7 Å². The molecule has 1 heterocycles. The van der Waals surface area contributed by atoms with Gasteiger partial charge in [0, 0.05) is 19.2 Å². The number of aromatic nitrogens is 1. The minimum Gasteiger partial charge on any atom is -0.397 e. The summed E-state index contributed by atoms with van der Waals surface area (Å²) < 4.78 is 27.5. The van der Waals surface area contributed by atoms with Crippen LogP contribution in [0.4, 0.5) is 5.69 Å². The number of nitrogens with one attached hydrogen (secondary N) is 1. The number of amides is 1. The largest absolute Gasteiger partial charge is 0.397 e. The van der Waals surface area contributed by atoms with E-state index in [2.05, 4.69) is 10.5 Å². The SMILES string of the molecule is CNC(=O)C(CCON=C(N)N)n1c(C)cc(N)c(S(=O)(=O)c2cccc(C)c2)c1=O. The van der Waals surface area contributed by atoms with Crippen molar-refractivity contribution in [1.29, 1.82) is 0 Å². The van der Waals surface area contributed by atoms with Gasteiger partial charge in [-0.1, -0.05) is 12.1 Å². The first-order chi connectivity index (χ1) is 14.5. The summed E-state index contributed by atoms with van der Waals surface area (Å²) in [6, 6.07) is 6.38. The highest BCUT2D eigenvalue weighted by Crippen LogP contribution is 2.26. The van der Waals surface area contributed by atoms with Crippen molar-refractivity contribution in [2.45, 2.75) is 36.1 Å². The van der Waals surface area contributed by atoms with Crippen LogP contribution in [0.2, 0.25) is 0 Å². The molecule has 0 spiro atoms. The Kier molecular flexibility index (Phi) is 7.28. The first-order valence-electron chi connectivity index (χ1n) is 9.26. The Balaban J connectivity index is 2.64. The topological polar surface area (TPSA) is 185 Å². The number of nitrogen functional groups attached to an aromatic ring is 1. The number of benzene rings is 1. The van der Waals surface area contributed by atoms with Crippen molar-refractivity contribution in [3.05, 3.63) is 51.9 Å². The highest BCUT2D eigenvalue weighted by molar-refractivity contribution is 7.91. The van der Waals surface area contributed by atoms with Gasteiger partial charge in [-0.2, -0.15) is 0 Å². The molecule has 2 aromatic rings. The fourth-order valence-corrected chi connectivity index (χ4v) is 4.67. The molecule has 12 heteroatoms. The van der Waals surface area contributed by atoms with E-state index in [-0.39, 0.29) is 29.6 Å². The molecule has 0 bridgehead atoms. The van der Waals surface area contributed by atoms with E-state index in [1.54, 1.807) is 26.0 Å². The molecule has 2 rings (SSSR count). The van der Waals surface area contributed by atoms with E-state index >= 15 is 0 Å². The summed E-state index contributed by atoms with van der Waals surface area (Å²) in [7, 11) is -2.84. The van der Waals surface area contributed by atoms with Gasteiger partial charge in [0.1, 0.15) is 12.6 Å². The smallest absolute Gasteiger partial charge is 0.272 e. The van der Waals surface area contributed by atoms with Gasteiger partial charge in [-0.25, -0.2) is 8.42 Å². The Morgan fingerprint density at radius 3 is 2.52 bits per heavy atom. The number of rotatable bonds is 8. The molecule has 7 N–H and O–H groups in total. The Hall–Kier alpha value is -3.54. The summed E-state index contributed by atoms with van der Waals surface area (Å²) in [5, 5.41) is 5.84. The number of aryl methyl sites for hydroxylation is 2. The van der Waals surface area contributed by atoms with Crippen LogP contribution < -0.4 is 28.1 Å². The molecule has 168 valence electrons. The summed E-state index contributed by atoms with van der Waals surface area (Å²) in [4.78, 5) is 30.1. The molecule has 0 aliphatic rings. The van der Waals surface area contributed by atoms with Crippen LogP contribution in [0.5, 0.6) is 0 Å². The van der Waals surface area contributed by atoms with Crippen molar-refractivity contribution in [3.63, 3.8) is 0 Å². The number of guanidine groups is 1. The zero-order chi connectivity index (χ0) is 23.3. The number of hydrogen-bond acceptors (Lipinski definition) is 7. The average molecular weight is 451 g/mol. The van der Waals surface area contributed by atoms with Crippen LogP contribution in [0, 0.1) is 13.8 Å². The molecule has 1 aromatic carbocycles. The van der Waals surface area contributed by atoms with E-state index in [1.807, 2.05) is 0 Å². The molecule has 1 amide bonds. The number of likely N-dealkylation sites (N-methyl/N-ethyl adjacent to an activating group) is 1. The first-order valence-corrected chi connectivity index (χ1v) is 10.7. The quantitative estimate of drug-likeness (QED) is 0.184. The second-order valence-electron chi connectivity index (χ2n) is 6.83. The van der Waals surface area contributed by atoms with Crippen LogP contribution in [0.15, 0.2) is 50.1 Å². The van der Waals surface area contributed by atoms with Gasteiger partial charge in [-0.3, -0.25) is 14.2 Å². The number of sulfone groups is 1. The molecule has 0 fully saturated rings. The molecule has 0 aliphatic carbocycles. The number of carbonyl (C=O) groups is 1. The van der Waals surface area contributed by atoms with E-state index in [0.29, 0.717) is 11.3 Å². The van der Waals surface area contributed by atoms with E-state index in [0.717, 1.165) is 4.57 Å². The van der Waals surface area contributed by atoms with Crippen molar-refractivity contribution in [1.82, 2.24) is 9.88 Å². The predicted molar refractivity (Wildman–Crippen MR) is 116 cm³/mol. The monoisotopic (exact) mass is 450 g/mol. The molecule has 1 aromatic heterocycles. The van der Waals surface area contributed by atoms with Gasteiger partial charge in [0.2, 0.25) is 21.7 Å². The number of oxime groups is 1. The molecule has 1 unspecified atom stereocenters. The molecular formula is C19H26N6O5S. The van der Waals surface area contributed by atoms with Crippen LogP contribution >= 0.6 is 0 Å². The van der Waals surface area contributed by atoms with Crippen molar-refractivity contribution in [2.75, 3.05) is 19.4 Å². The fraction of sp³-hybridized carbons (Fsp3) is 0.316. The summed E-state index contributed by atoms with van der Waals surface area (Å²) in [5.74, 6) is -0.828. The highest BCUT2D eigenvalue weighted by atomic mass is 32.2. The molecule has 0 saturated heterocycles. The van der Waals surface area contributed by atoms with Crippen LogP contribution in [-0.4, -0.2) is 38.5 Å². The Morgan fingerprint density at radius 1 is 1.26 bits per heavy atom. The maximum atomic E-state index is 13.3. The molecule has 11 nitrogen and oxygen atoms in total. The lowest BCUT2D eigenvalue weighted by Gasteiger charge is -2.22. The Bertz CT molecular complexity index is 1170. The van der Waals surface area contributed by atoms with Gasteiger partial charge < -0.3 is 27.4 Å². The van der Waals surface area contributed by atoms with Gasteiger partial charge in [-0.15, -0.1) is 0 Å². The average Bonchev–Trinajstić information content (AvgIpc) is 2.68. The van der Waals surface area contributed by atoms with Gasteiger partial charge >= 0.3 is 0 Å². The number of nitrogens with two attached hydrogens (primary N) is 3. The first kappa shape index (κ1) is 23.7. The van der Waals surface area contributed by atoms with E-state index in [9.17, 15) is 18.0 Å². The molecule has 0 saturated carbocycles. The van der Waals surface area contributed by atoms with Crippen LogP contribution in [-0.2, 0) is 19.5 Å². The standard InChI is InChI=1S/C19H26N6O5S/c1-11-5-4-6-13(9-11)31(28,29)16-14(20)10-12(2)25(18(16)27)15(17(26)23-3)7-8-30-24-19(21)22/h4-6,9-10,15H,7-8,20H2,1-3H3,(H,23,26)(H4,21,22,24). The van der Waals surface area contributed by atoms with Gasteiger partial charge in [0.25, 0.3) is 5.56 Å². The van der Waals surface area contributed by atoms with Gasteiger partial charge in [-0.05, 0) is 42.8 Å². The Morgan fingerprint density at radius 2 is 1.94 bits per heavy atom. The normalized spacial score (nSPS) is 12.1. The summed E-state index contributed by atoms with van der Waals surface area (Å²) in [6.45, 7) is 3.17. The zero-order valence-electron chi connectivity index (χ0n) is 17.5. The summed E-state index contributed by atoms with van der Waals surface area (Å²) in [5.41, 5.74) is 16.2. The molecule has 0 aliphatic heterocycles. The summed E-state index contributed by atoms with van der Waals surface area (Å²) in [6.07, 6.45) is -0.00888. The van der Waals surface area contributed by atoms with Crippen molar-refractivity contribution < 1.29 is 18.0 Å². The summed E-state index contributed by atoms with van der Waals surface area (Å²) >= 11 is 0. The predicted octanol–water partition coefficient (Wildman–Crippen LogP) is -0.238. The minimum atomic E-state index is -4.24. The highest BCUT2D eigenvalue weighted by Gasteiger charge is 2.30. The number of hydrogen-bond donors (Lipinski definition) is 4. The second kappa shape index (κ2) is 9.51. The molecule has 31 heavy (non-hydrogen) atoms. The number of anilines is 1. The second-order valence-corrected chi connectivity index (χ2v) is 8.72. The molecule has 1 atom stereocenters. The minimum absolute atomic E-state index is 0.00888. The lowest BCUT2D eigenvalue weighted by Crippen LogP contribution is -2.39. The van der Waals surface area contributed by atoms with Gasteiger partial charge in [0.15, 0.2) is 4.90 Å². The van der Waals surface area contributed by atoms with Crippen molar-refractivity contribution >= 4 is 27.4 Å². The van der Waals surface area contributed by atoms with Crippen LogP contribution in [0.25, 0.3) is 0 Å². The van der Waals surface area contributed by atoms with Crippen LogP contribution in [0.3, 0.4) is 0 Å². The molecular weight excluding hydrogens is 424 g/mol. The van der Waals surface area contributed by atoms with Gasteiger partial charge in [0.05, 0.1) is 10.6 Å². The maximum absolute atomic E-state index is 13.3. The number of nitrogens with zero attached hydrogens (tertiary/aromatic N) is 2. The van der Waals surface area contributed by atoms with E-state index in [4.69, 9.17) is 22.0 Å². The molecule has 0 radical (unpaired) electrons. The lowest BCUT2D eigenvalue weighted by molar-refractivity contribution is -0.124. The van der Waals surface area contributed by atoms with Crippen molar-refractivity contribution in [3.8, 4) is 0 Å². The Labute approximate surface area is 179 Å². The third-order valence-electron chi connectivity index (χ3n) is 4.50. The lowest BCUT2D eigenvalue weighted by atomic mass is 10.1. The third kappa shape index (κ3) is 5.15. The van der Waals surface area contributed by atoms with Crippen molar-refractivity contribution in [2.24, 2.45) is 16.6 Å². The zero-order valence-corrected chi connectivity index (χ0v) is 18.3.